The van der Waals surface area contributed by atoms with Gasteiger partial charge in [0.05, 0.1) is 16.5 Å². The predicted octanol–water partition coefficient (Wildman–Crippen LogP) is 2.65. The van der Waals surface area contributed by atoms with Gasteiger partial charge < -0.3 is 10.6 Å². The van der Waals surface area contributed by atoms with E-state index in [-0.39, 0.29) is 5.91 Å². The molecule has 1 aliphatic heterocycles. The lowest BCUT2D eigenvalue weighted by atomic mass is 10.00. The fourth-order valence-electron chi connectivity index (χ4n) is 2.25. The highest BCUT2D eigenvalue weighted by Crippen LogP contribution is 2.22. The van der Waals surface area contributed by atoms with E-state index in [0.717, 1.165) is 25.2 Å². The Morgan fingerprint density at radius 3 is 2.89 bits per heavy atom. The predicted molar refractivity (Wildman–Crippen MR) is 78.8 cm³/mol. The molecule has 1 amide bonds. The number of halogens is 2. The highest BCUT2D eigenvalue weighted by atomic mass is 35.5. The summed E-state index contributed by atoms with van der Waals surface area (Å²) in [6.45, 7) is 2.83. The molecule has 1 fully saturated rings. The zero-order valence-corrected chi connectivity index (χ0v) is 12.2. The summed E-state index contributed by atoms with van der Waals surface area (Å²) in [5.74, 6) is 0.579. The molecule has 1 unspecified atom stereocenters. The molecule has 0 aromatic heterocycles. The number of benzene rings is 1. The molecule has 0 bridgehead atoms. The Bertz CT molecular complexity index is 445. The summed E-state index contributed by atoms with van der Waals surface area (Å²) in [6.07, 6.45) is 2.71. The Balaban J connectivity index is 1.78. The van der Waals surface area contributed by atoms with Gasteiger partial charge in [-0.1, -0.05) is 29.3 Å². The number of amides is 1. The van der Waals surface area contributed by atoms with Crippen molar-refractivity contribution in [3.63, 3.8) is 0 Å². The summed E-state index contributed by atoms with van der Waals surface area (Å²) in [4.78, 5) is 11.8. The van der Waals surface area contributed by atoms with Crippen molar-refractivity contribution >= 4 is 29.1 Å². The third-order valence-corrected chi connectivity index (χ3v) is 4.07. The standard InChI is InChI=1S/C14H18Cl2N2O/c15-12-4-3-10(6-13(12)16)7-14(19)18-9-11-2-1-5-17-8-11/h3-4,6,11,17H,1-2,5,7-9H2,(H,18,19). The minimum absolute atomic E-state index is 0.0314. The van der Waals surface area contributed by atoms with Gasteiger partial charge in [-0.25, -0.2) is 0 Å². The molecule has 2 N–H and O–H groups in total. The molecule has 1 heterocycles. The van der Waals surface area contributed by atoms with Gasteiger partial charge in [0, 0.05) is 6.54 Å². The molecular formula is C14H18Cl2N2O. The first-order chi connectivity index (χ1) is 9.15. The SMILES string of the molecule is O=C(Cc1ccc(Cl)c(Cl)c1)NCC1CCCNC1. The van der Waals surface area contributed by atoms with E-state index >= 15 is 0 Å². The van der Waals surface area contributed by atoms with Gasteiger partial charge in [-0.3, -0.25) is 4.79 Å². The number of nitrogens with one attached hydrogen (secondary N) is 2. The summed E-state index contributed by atoms with van der Waals surface area (Å²) in [5.41, 5.74) is 0.883. The second kappa shape index (κ2) is 7.13. The highest BCUT2D eigenvalue weighted by Gasteiger charge is 2.14. The van der Waals surface area contributed by atoms with Gasteiger partial charge in [-0.15, -0.1) is 0 Å². The summed E-state index contributed by atoms with van der Waals surface area (Å²) < 4.78 is 0. The largest absolute Gasteiger partial charge is 0.355 e. The molecule has 1 saturated heterocycles. The lowest BCUT2D eigenvalue weighted by Gasteiger charge is -2.22. The molecule has 1 atom stereocenters. The van der Waals surface area contributed by atoms with Crippen LogP contribution in [0.5, 0.6) is 0 Å². The Morgan fingerprint density at radius 2 is 2.21 bits per heavy atom. The molecule has 2 rings (SSSR count). The summed E-state index contributed by atoms with van der Waals surface area (Å²) in [5, 5.41) is 7.32. The van der Waals surface area contributed by atoms with Gasteiger partial charge in [0.2, 0.25) is 5.91 Å². The van der Waals surface area contributed by atoms with Gasteiger partial charge in [0.25, 0.3) is 0 Å². The van der Waals surface area contributed by atoms with Crippen molar-refractivity contribution in [3.05, 3.63) is 33.8 Å². The highest BCUT2D eigenvalue weighted by molar-refractivity contribution is 6.42. The topological polar surface area (TPSA) is 41.1 Å². The van der Waals surface area contributed by atoms with Gasteiger partial charge in [-0.2, -0.15) is 0 Å². The zero-order chi connectivity index (χ0) is 13.7. The fraction of sp³-hybridized carbons (Fsp3) is 0.500. The fourth-order valence-corrected chi connectivity index (χ4v) is 2.57. The first-order valence-corrected chi connectivity index (χ1v) is 7.32. The van der Waals surface area contributed by atoms with E-state index in [4.69, 9.17) is 23.2 Å². The maximum atomic E-state index is 11.8. The third-order valence-electron chi connectivity index (χ3n) is 3.34. The van der Waals surface area contributed by atoms with Crippen molar-refractivity contribution in [3.8, 4) is 0 Å². The average molecular weight is 301 g/mol. The first kappa shape index (κ1) is 14.6. The molecule has 0 aliphatic carbocycles. The summed E-state index contributed by atoms with van der Waals surface area (Å²) >= 11 is 11.8. The molecule has 1 aliphatic rings. The molecule has 19 heavy (non-hydrogen) atoms. The van der Waals surface area contributed by atoms with E-state index < -0.39 is 0 Å². The van der Waals surface area contributed by atoms with Crippen LogP contribution in [0.15, 0.2) is 18.2 Å². The van der Waals surface area contributed by atoms with Crippen molar-refractivity contribution in [2.75, 3.05) is 19.6 Å². The van der Waals surface area contributed by atoms with Crippen LogP contribution < -0.4 is 10.6 Å². The molecule has 0 radical (unpaired) electrons. The van der Waals surface area contributed by atoms with Crippen LogP contribution in [0, 0.1) is 5.92 Å². The molecule has 3 nitrogen and oxygen atoms in total. The second-order valence-corrected chi connectivity index (χ2v) is 5.76. The maximum Gasteiger partial charge on any atom is 0.224 e. The van der Waals surface area contributed by atoms with Crippen molar-refractivity contribution < 1.29 is 4.79 Å². The Morgan fingerprint density at radius 1 is 1.37 bits per heavy atom. The van der Waals surface area contributed by atoms with Crippen LogP contribution in [0.3, 0.4) is 0 Å². The second-order valence-electron chi connectivity index (χ2n) is 4.94. The van der Waals surface area contributed by atoms with Gasteiger partial charge >= 0.3 is 0 Å². The third kappa shape index (κ3) is 4.68. The molecule has 104 valence electrons. The van der Waals surface area contributed by atoms with Gasteiger partial charge in [0.15, 0.2) is 0 Å². The molecular weight excluding hydrogens is 283 g/mol. The minimum Gasteiger partial charge on any atom is -0.355 e. The molecule has 0 spiro atoms. The van der Waals surface area contributed by atoms with Crippen LogP contribution in [0.4, 0.5) is 0 Å². The monoisotopic (exact) mass is 300 g/mol. The smallest absolute Gasteiger partial charge is 0.224 e. The van der Waals surface area contributed by atoms with Crippen LogP contribution in [-0.2, 0) is 11.2 Å². The van der Waals surface area contributed by atoms with Crippen LogP contribution in [-0.4, -0.2) is 25.5 Å². The Labute approximate surface area is 123 Å². The number of carbonyl (C=O) groups excluding carboxylic acids is 1. The average Bonchev–Trinajstić information content (AvgIpc) is 2.42. The zero-order valence-electron chi connectivity index (χ0n) is 10.7. The first-order valence-electron chi connectivity index (χ1n) is 6.56. The lowest BCUT2D eigenvalue weighted by Crippen LogP contribution is -2.38. The molecule has 5 heteroatoms. The van der Waals surface area contributed by atoms with Crippen LogP contribution in [0.2, 0.25) is 10.0 Å². The van der Waals surface area contributed by atoms with Crippen molar-refractivity contribution in [2.24, 2.45) is 5.92 Å². The van der Waals surface area contributed by atoms with E-state index in [1.165, 1.54) is 12.8 Å². The van der Waals surface area contributed by atoms with Gasteiger partial charge in [0.1, 0.15) is 0 Å². The molecule has 1 aromatic carbocycles. The van der Waals surface area contributed by atoms with E-state index in [2.05, 4.69) is 10.6 Å². The van der Waals surface area contributed by atoms with Gasteiger partial charge in [-0.05, 0) is 49.5 Å². The molecule has 0 saturated carbocycles. The van der Waals surface area contributed by atoms with E-state index in [0.29, 0.717) is 22.4 Å². The number of hydrogen-bond donors (Lipinski definition) is 2. The maximum absolute atomic E-state index is 11.8. The van der Waals surface area contributed by atoms with Crippen molar-refractivity contribution in [1.82, 2.24) is 10.6 Å². The van der Waals surface area contributed by atoms with E-state index in [1.54, 1.807) is 12.1 Å². The van der Waals surface area contributed by atoms with E-state index in [9.17, 15) is 4.79 Å². The molecule has 1 aromatic rings. The van der Waals surface area contributed by atoms with Crippen molar-refractivity contribution in [2.45, 2.75) is 19.3 Å². The normalized spacial score (nSPS) is 19.2. The summed E-state index contributed by atoms with van der Waals surface area (Å²) in [6, 6.07) is 5.29. The van der Waals surface area contributed by atoms with Crippen LogP contribution in [0.25, 0.3) is 0 Å². The van der Waals surface area contributed by atoms with Crippen LogP contribution >= 0.6 is 23.2 Å². The number of rotatable bonds is 4. The van der Waals surface area contributed by atoms with Crippen LogP contribution in [0.1, 0.15) is 18.4 Å². The Hall–Kier alpha value is -0.770. The number of carbonyl (C=O) groups is 1. The summed E-state index contributed by atoms with van der Waals surface area (Å²) in [7, 11) is 0. The number of piperidine rings is 1. The van der Waals surface area contributed by atoms with Crippen molar-refractivity contribution in [1.29, 1.82) is 0 Å². The van der Waals surface area contributed by atoms with E-state index in [1.807, 2.05) is 6.07 Å². The minimum atomic E-state index is 0.0314. The quantitative estimate of drug-likeness (QED) is 0.897. The Kier molecular flexibility index (Phi) is 5.49. The lowest BCUT2D eigenvalue weighted by molar-refractivity contribution is -0.120. The number of hydrogen-bond acceptors (Lipinski definition) is 2.